The van der Waals surface area contributed by atoms with Gasteiger partial charge in [-0.3, -0.25) is 14.9 Å². The van der Waals surface area contributed by atoms with Crippen LogP contribution in [0.5, 0.6) is 0 Å². The molecule has 0 spiro atoms. The highest BCUT2D eigenvalue weighted by Gasteiger charge is 2.12. The van der Waals surface area contributed by atoms with E-state index in [9.17, 15) is 14.9 Å². The zero-order valence-electron chi connectivity index (χ0n) is 9.74. The molecule has 0 bridgehead atoms. The van der Waals surface area contributed by atoms with Crippen molar-refractivity contribution in [1.82, 2.24) is 4.98 Å². The number of pyridine rings is 1. The van der Waals surface area contributed by atoms with E-state index >= 15 is 0 Å². The quantitative estimate of drug-likeness (QED) is 0.644. The van der Waals surface area contributed by atoms with E-state index in [0.717, 1.165) is 0 Å². The molecule has 96 valence electrons. The van der Waals surface area contributed by atoms with E-state index < -0.39 is 10.8 Å². The largest absolute Gasteiger partial charge is 0.383 e. The molecule has 0 saturated heterocycles. The summed E-state index contributed by atoms with van der Waals surface area (Å²) in [6.45, 7) is 0. The first-order chi connectivity index (χ1) is 9.08. The minimum atomic E-state index is -0.534. The maximum Gasteiger partial charge on any atom is 0.271 e. The molecule has 0 fully saturated rings. The predicted octanol–water partition coefficient (Wildman–Crippen LogP) is 1.82. The molecule has 0 radical (unpaired) electrons. The molecule has 2 aromatic rings. The zero-order chi connectivity index (χ0) is 13.8. The summed E-state index contributed by atoms with van der Waals surface area (Å²) in [5.41, 5.74) is 6.01. The molecule has 0 aliphatic heterocycles. The zero-order valence-corrected chi connectivity index (χ0v) is 9.74. The van der Waals surface area contributed by atoms with E-state index in [0.29, 0.717) is 5.69 Å². The van der Waals surface area contributed by atoms with Crippen LogP contribution >= 0.6 is 0 Å². The number of non-ortho nitro benzene ring substituents is 1. The Hall–Kier alpha value is -2.96. The Morgan fingerprint density at radius 2 is 2.11 bits per heavy atom. The van der Waals surface area contributed by atoms with E-state index in [-0.39, 0.29) is 17.1 Å². The first kappa shape index (κ1) is 12.5. The number of nitrogens with one attached hydrogen (secondary N) is 1. The maximum atomic E-state index is 11.9. The van der Waals surface area contributed by atoms with Crippen molar-refractivity contribution in [2.24, 2.45) is 0 Å². The van der Waals surface area contributed by atoms with Crippen molar-refractivity contribution in [2.45, 2.75) is 0 Å². The van der Waals surface area contributed by atoms with Gasteiger partial charge in [0.2, 0.25) is 0 Å². The summed E-state index contributed by atoms with van der Waals surface area (Å²) in [6.07, 6.45) is 1.47. The molecule has 3 N–H and O–H groups in total. The molecule has 2 rings (SSSR count). The second kappa shape index (κ2) is 5.13. The van der Waals surface area contributed by atoms with Gasteiger partial charge >= 0.3 is 0 Å². The number of nitro groups is 1. The third-order valence-corrected chi connectivity index (χ3v) is 2.40. The van der Waals surface area contributed by atoms with Crippen molar-refractivity contribution in [3.8, 4) is 0 Å². The van der Waals surface area contributed by atoms with Crippen LogP contribution in [0.1, 0.15) is 10.4 Å². The summed E-state index contributed by atoms with van der Waals surface area (Å²) >= 11 is 0. The predicted molar refractivity (Wildman–Crippen MR) is 69.7 cm³/mol. The normalized spacial score (nSPS) is 9.89. The number of amides is 1. The molecule has 7 nitrogen and oxygen atoms in total. The minimum absolute atomic E-state index is 0.100. The topological polar surface area (TPSA) is 111 Å². The Labute approximate surface area is 108 Å². The SMILES string of the molecule is Nc1ncccc1C(=O)Nc1cccc([N+](=O)[O-])c1. The number of hydrogen-bond donors (Lipinski definition) is 2. The first-order valence-corrected chi connectivity index (χ1v) is 5.34. The number of anilines is 2. The fourth-order valence-corrected chi connectivity index (χ4v) is 1.51. The van der Waals surface area contributed by atoms with Crippen LogP contribution in [0.25, 0.3) is 0 Å². The number of nitrogen functional groups attached to an aromatic ring is 1. The molecule has 7 heteroatoms. The Kier molecular flexibility index (Phi) is 3.37. The number of carbonyl (C=O) groups excluding carboxylic acids is 1. The van der Waals surface area contributed by atoms with Crippen LogP contribution in [-0.4, -0.2) is 15.8 Å². The van der Waals surface area contributed by atoms with Crippen molar-refractivity contribution >= 4 is 23.1 Å². The summed E-state index contributed by atoms with van der Waals surface area (Å²) in [5, 5.41) is 13.2. The molecule has 1 aromatic heterocycles. The number of hydrogen-bond acceptors (Lipinski definition) is 5. The van der Waals surface area contributed by atoms with Crippen molar-refractivity contribution < 1.29 is 9.72 Å². The van der Waals surface area contributed by atoms with Gasteiger partial charge in [-0.25, -0.2) is 4.98 Å². The molecule has 19 heavy (non-hydrogen) atoms. The lowest BCUT2D eigenvalue weighted by atomic mass is 10.2. The van der Waals surface area contributed by atoms with Gasteiger partial charge in [0.05, 0.1) is 10.5 Å². The number of nitro benzene ring substituents is 1. The third-order valence-electron chi connectivity index (χ3n) is 2.40. The highest BCUT2D eigenvalue weighted by atomic mass is 16.6. The van der Waals surface area contributed by atoms with E-state index in [1.165, 1.54) is 30.5 Å². The molecule has 0 atom stereocenters. The molecule has 0 aliphatic carbocycles. The highest BCUT2D eigenvalue weighted by Crippen LogP contribution is 2.18. The highest BCUT2D eigenvalue weighted by molar-refractivity contribution is 6.07. The second-order valence-corrected chi connectivity index (χ2v) is 3.70. The maximum absolute atomic E-state index is 11.9. The molecule has 1 amide bonds. The fourth-order valence-electron chi connectivity index (χ4n) is 1.51. The fraction of sp³-hybridized carbons (Fsp3) is 0. The summed E-state index contributed by atoms with van der Waals surface area (Å²) in [4.78, 5) is 25.8. The minimum Gasteiger partial charge on any atom is -0.383 e. The standard InChI is InChI=1S/C12H10N4O3/c13-11-10(5-2-6-14-11)12(17)15-8-3-1-4-9(7-8)16(18)19/h1-7H,(H2,13,14)(H,15,17). The van der Waals surface area contributed by atoms with Crippen LogP contribution in [-0.2, 0) is 0 Å². The average molecular weight is 258 g/mol. The van der Waals surface area contributed by atoms with E-state index in [1.807, 2.05) is 0 Å². The smallest absolute Gasteiger partial charge is 0.271 e. The second-order valence-electron chi connectivity index (χ2n) is 3.70. The molecule has 0 aliphatic rings. The average Bonchev–Trinajstić information content (AvgIpc) is 2.39. The van der Waals surface area contributed by atoms with Crippen molar-refractivity contribution in [1.29, 1.82) is 0 Å². The number of nitrogens with zero attached hydrogens (tertiary/aromatic N) is 2. The van der Waals surface area contributed by atoms with Crippen LogP contribution in [0, 0.1) is 10.1 Å². The molecular formula is C12H10N4O3. The van der Waals surface area contributed by atoms with Crippen molar-refractivity contribution in [3.05, 3.63) is 58.3 Å². The summed E-state index contributed by atoms with van der Waals surface area (Å²) in [5.74, 6) is -0.364. The van der Waals surface area contributed by atoms with Gasteiger partial charge in [0.15, 0.2) is 0 Å². The number of rotatable bonds is 3. The van der Waals surface area contributed by atoms with Crippen molar-refractivity contribution in [3.63, 3.8) is 0 Å². The van der Waals surface area contributed by atoms with Gasteiger partial charge in [-0.05, 0) is 18.2 Å². The number of nitrogens with two attached hydrogens (primary N) is 1. The summed E-state index contributed by atoms with van der Waals surface area (Å²) in [7, 11) is 0. The van der Waals surface area contributed by atoms with Gasteiger partial charge in [0.25, 0.3) is 11.6 Å². The van der Waals surface area contributed by atoms with Crippen LogP contribution in [0.3, 0.4) is 0 Å². The Bertz CT molecular complexity index is 642. The van der Waals surface area contributed by atoms with E-state index in [2.05, 4.69) is 10.3 Å². The van der Waals surface area contributed by atoms with Gasteiger partial charge in [0, 0.05) is 24.0 Å². The molecule has 1 heterocycles. The van der Waals surface area contributed by atoms with E-state index in [4.69, 9.17) is 5.73 Å². The number of benzene rings is 1. The Morgan fingerprint density at radius 3 is 2.79 bits per heavy atom. The lowest BCUT2D eigenvalue weighted by molar-refractivity contribution is -0.384. The van der Waals surface area contributed by atoms with E-state index in [1.54, 1.807) is 12.1 Å². The monoisotopic (exact) mass is 258 g/mol. The molecule has 0 unspecified atom stereocenters. The lowest BCUT2D eigenvalue weighted by Crippen LogP contribution is -2.14. The third kappa shape index (κ3) is 2.83. The lowest BCUT2D eigenvalue weighted by Gasteiger charge is -2.06. The van der Waals surface area contributed by atoms with Crippen LogP contribution < -0.4 is 11.1 Å². The van der Waals surface area contributed by atoms with Gasteiger partial charge in [0.1, 0.15) is 5.82 Å². The van der Waals surface area contributed by atoms with Gasteiger partial charge < -0.3 is 11.1 Å². The van der Waals surface area contributed by atoms with Gasteiger partial charge in [-0.2, -0.15) is 0 Å². The van der Waals surface area contributed by atoms with Crippen LogP contribution in [0.2, 0.25) is 0 Å². The summed E-state index contributed by atoms with van der Waals surface area (Å²) < 4.78 is 0. The van der Waals surface area contributed by atoms with Crippen molar-refractivity contribution in [2.75, 3.05) is 11.1 Å². The Morgan fingerprint density at radius 1 is 1.32 bits per heavy atom. The molecular weight excluding hydrogens is 248 g/mol. The number of aromatic nitrogens is 1. The summed E-state index contributed by atoms with van der Waals surface area (Å²) in [6, 6.07) is 8.75. The molecule has 0 saturated carbocycles. The number of carbonyl (C=O) groups is 1. The van der Waals surface area contributed by atoms with Gasteiger partial charge in [-0.1, -0.05) is 6.07 Å². The Balaban J connectivity index is 2.22. The van der Waals surface area contributed by atoms with Crippen LogP contribution in [0.15, 0.2) is 42.6 Å². The van der Waals surface area contributed by atoms with Crippen LogP contribution in [0.4, 0.5) is 17.2 Å². The molecule has 1 aromatic carbocycles. The first-order valence-electron chi connectivity index (χ1n) is 5.34. The van der Waals surface area contributed by atoms with Gasteiger partial charge in [-0.15, -0.1) is 0 Å².